The average Bonchev–Trinajstić information content (AvgIpc) is 2.88. The van der Waals surface area contributed by atoms with E-state index < -0.39 is 0 Å². The van der Waals surface area contributed by atoms with Gasteiger partial charge in [-0.3, -0.25) is 4.79 Å². The van der Waals surface area contributed by atoms with Crippen LogP contribution in [0.3, 0.4) is 0 Å². The number of nitrogens with zero attached hydrogens (tertiary/aromatic N) is 2. The highest BCUT2D eigenvalue weighted by atomic mass is 35.5. The second-order valence-corrected chi connectivity index (χ2v) is 5.30. The number of amides is 1. The lowest BCUT2D eigenvalue weighted by molar-refractivity contribution is 0.102. The van der Waals surface area contributed by atoms with E-state index in [-0.39, 0.29) is 5.91 Å². The Bertz CT molecular complexity index is 677. The highest BCUT2D eigenvalue weighted by molar-refractivity contribution is 7.09. The third-order valence-corrected chi connectivity index (χ3v) is 3.64. The molecule has 3 N–H and O–H groups in total. The lowest BCUT2D eigenvalue weighted by Crippen LogP contribution is -2.13. The molecule has 0 aliphatic rings. The lowest BCUT2D eigenvalue weighted by Gasteiger charge is -2.05. The number of carbonyl (C=O) groups is 1. The Labute approximate surface area is 125 Å². The van der Waals surface area contributed by atoms with Crippen LogP contribution in [0.1, 0.15) is 21.1 Å². The molecule has 0 saturated heterocycles. The number of hydrogen-bond acceptors (Lipinski definition) is 5. The summed E-state index contributed by atoms with van der Waals surface area (Å²) >= 11 is 7.24. The Morgan fingerprint density at radius 1 is 1.55 bits per heavy atom. The first-order chi connectivity index (χ1) is 9.63. The zero-order valence-electron chi connectivity index (χ0n) is 10.4. The van der Waals surface area contributed by atoms with Crippen LogP contribution >= 0.6 is 22.9 Å². The van der Waals surface area contributed by atoms with Crippen LogP contribution in [0.4, 0.5) is 5.69 Å². The van der Waals surface area contributed by atoms with Gasteiger partial charge in [-0.25, -0.2) is 4.98 Å². The fourth-order valence-corrected chi connectivity index (χ4v) is 2.52. The monoisotopic (exact) mass is 306 g/mol. The molecule has 0 aliphatic heterocycles. The van der Waals surface area contributed by atoms with Gasteiger partial charge in [0, 0.05) is 16.8 Å². The zero-order valence-corrected chi connectivity index (χ0v) is 12.0. The standard InChI is InChI=1S/C13H11ClN4OS/c14-9-2-1-8(6-16)10(5-9)18-13(19)11-7-20-12(17-11)3-4-15/h1-2,5,7H,3-4,15H2,(H,18,19). The fraction of sp³-hybridized carbons (Fsp3) is 0.154. The summed E-state index contributed by atoms with van der Waals surface area (Å²) < 4.78 is 0. The predicted molar refractivity (Wildman–Crippen MR) is 79.0 cm³/mol. The van der Waals surface area contributed by atoms with Crippen LogP contribution in [0.2, 0.25) is 5.02 Å². The number of nitriles is 1. The van der Waals surface area contributed by atoms with Crippen LogP contribution in [0, 0.1) is 11.3 Å². The van der Waals surface area contributed by atoms with E-state index in [0.717, 1.165) is 5.01 Å². The summed E-state index contributed by atoms with van der Waals surface area (Å²) in [7, 11) is 0. The molecule has 1 heterocycles. The van der Waals surface area contributed by atoms with Crippen molar-refractivity contribution in [1.82, 2.24) is 4.98 Å². The molecule has 0 fully saturated rings. The van der Waals surface area contributed by atoms with Crippen molar-refractivity contribution < 1.29 is 4.79 Å². The minimum absolute atomic E-state index is 0.308. The molecule has 2 rings (SSSR count). The van der Waals surface area contributed by atoms with Crippen LogP contribution < -0.4 is 11.1 Å². The van der Waals surface area contributed by atoms with E-state index in [0.29, 0.717) is 34.9 Å². The largest absolute Gasteiger partial charge is 0.330 e. The van der Waals surface area contributed by atoms with Crippen molar-refractivity contribution in [3.8, 4) is 6.07 Å². The first-order valence-electron chi connectivity index (χ1n) is 5.79. The van der Waals surface area contributed by atoms with E-state index in [1.807, 2.05) is 6.07 Å². The van der Waals surface area contributed by atoms with E-state index in [1.54, 1.807) is 17.5 Å². The van der Waals surface area contributed by atoms with Crippen LogP contribution in [0.15, 0.2) is 23.6 Å². The minimum atomic E-state index is -0.372. The van der Waals surface area contributed by atoms with E-state index in [2.05, 4.69) is 10.3 Å². The van der Waals surface area contributed by atoms with Gasteiger partial charge in [0.05, 0.1) is 16.3 Å². The highest BCUT2D eigenvalue weighted by Gasteiger charge is 2.13. The molecule has 20 heavy (non-hydrogen) atoms. The van der Waals surface area contributed by atoms with E-state index in [1.165, 1.54) is 17.4 Å². The molecule has 0 atom stereocenters. The first-order valence-corrected chi connectivity index (χ1v) is 7.05. The maximum atomic E-state index is 12.1. The molecule has 0 radical (unpaired) electrons. The molecule has 0 saturated carbocycles. The van der Waals surface area contributed by atoms with Crippen molar-refractivity contribution in [2.75, 3.05) is 11.9 Å². The molecule has 102 valence electrons. The van der Waals surface area contributed by atoms with Crippen LogP contribution in [-0.2, 0) is 6.42 Å². The lowest BCUT2D eigenvalue weighted by atomic mass is 10.2. The van der Waals surface area contributed by atoms with Gasteiger partial charge in [0.15, 0.2) is 0 Å². The molecule has 7 heteroatoms. The molecule has 1 aromatic heterocycles. The smallest absolute Gasteiger partial charge is 0.275 e. The maximum Gasteiger partial charge on any atom is 0.275 e. The quantitative estimate of drug-likeness (QED) is 0.907. The molecule has 1 amide bonds. The first kappa shape index (κ1) is 14.5. The summed E-state index contributed by atoms with van der Waals surface area (Å²) in [4.78, 5) is 16.2. The Hall–Kier alpha value is -1.94. The van der Waals surface area contributed by atoms with Gasteiger partial charge in [-0.1, -0.05) is 11.6 Å². The number of nitrogens with one attached hydrogen (secondary N) is 1. The van der Waals surface area contributed by atoms with Crippen molar-refractivity contribution in [2.45, 2.75) is 6.42 Å². The van der Waals surface area contributed by atoms with E-state index in [4.69, 9.17) is 22.6 Å². The van der Waals surface area contributed by atoms with Crippen molar-refractivity contribution in [3.63, 3.8) is 0 Å². The number of halogens is 1. The van der Waals surface area contributed by atoms with E-state index >= 15 is 0 Å². The van der Waals surface area contributed by atoms with Gasteiger partial charge in [0.2, 0.25) is 0 Å². The Morgan fingerprint density at radius 3 is 3.05 bits per heavy atom. The van der Waals surface area contributed by atoms with Crippen molar-refractivity contribution in [2.24, 2.45) is 5.73 Å². The molecular formula is C13H11ClN4OS. The number of hydrogen-bond donors (Lipinski definition) is 2. The normalized spacial score (nSPS) is 10.1. The summed E-state index contributed by atoms with van der Waals surface area (Å²) in [6.45, 7) is 0.488. The summed E-state index contributed by atoms with van der Waals surface area (Å²) in [6.07, 6.45) is 0.637. The van der Waals surface area contributed by atoms with Gasteiger partial charge in [-0.2, -0.15) is 5.26 Å². The van der Waals surface area contributed by atoms with Gasteiger partial charge in [-0.15, -0.1) is 11.3 Å². The number of aromatic nitrogens is 1. The summed E-state index contributed by atoms with van der Waals surface area (Å²) in [6, 6.07) is 6.68. The van der Waals surface area contributed by atoms with Gasteiger partial charge in [0.25, 0.3) is 5.91 Å². The second-order valence-electron chi connectivity index (χ2n) is 3.92. The van der Waals surface area contributed by atoms with Crippen molar-refractivity contribution >= 4 is 34.5 Å². The summed E-state index contributed by atoms with van der Waals surface area (Å²) in [5.74, 6) is -0.372. The fourth-order valence-electron chi connectivity index (χ4n) is 1.56. The second kappa shape index (κ2) is 6.48. The molecule has 1 aromatic carbocycles. The van der Waals surface area contributed by atoms with Gasteiger partial charge < -0.3 is 11.1 Å². The average molecular weight is 307 g/mol. The van der Waals surface area contributed by atoms with Crippen LogP contribution in [0.5, 0.6) is 0 Å². The van der Waals surface area contributed by atoms with Crippen LogP contribution in [0.25, 0.3) is 0 Å². The Balaban J connectivity index is 2.19. The molecular weight excluding hydrogens is 296 g/mol. The number of carbonyl (C=O) groups excluding carboxylic acids is 1. The molecule has 5 nitrogen and oxygen atoms in total. The minimum Gasteiger partial charge on any atom is -0.330 e. The summed E-state index contributed by atoms with van der Waals surface area (Å²) in [5, 5.41) is 14.6. The van der Waals surface area contributed by atoms with E-state index in [9.17, 15) is 4.79 Å². The number of benzene rings is 1. The van der Waals surface area contributed by atoms with Gasteiger partial charge >= 0.3 is 0 Å². The third-order valence-electron chi connectivity index (χ3n) is 2.49. The number of nitrogens with two attached hydrogens (primary N) is 1. The van der Waals surface area contributed by atoms with Gasteiger partial charge in [-0.05, 0) is 24.7 Å². The predicted octanol–water partition coefficient (Wildman–Crippen LogP) is 2.42. The van der Waals surface area contributed by atoms with Gasteiger partial charge in [0.1, 0.15) is 11.8 Å². The maximum absolute atomic E-state index is 12.1. The van der Waals surface area contributed by atoms with Crippen molar-refractivity contribution in [1.29, 1.82) is 5.26 Å². The molecule has 0 aliphatic carbocycles. The summed E-state index contributed by atoms with van der Waals surface area (Å²) in [5.41, 5.74) is 6.47. The Morgan fingerprint density at radius 2 is 2.35 bits per heavy atom. The molecule has 0 spiro atoms. The number of anilines is 1. The Kier molecular flexibility index (Phi) is 4.69. The molecule has 0 unspecified atom stereocenters. The highest BCUT2D eigenvalue weighted by Crippen LogP contribution is 2.21. The molecule has 0 bridgehead atoms. The molecule has 2 aromatic rings. The zero-order chi connectivity index (χ0) is 14.5. The number of thiazole rings is 1. The SMILES string of the molecule is N#Cc1ccc(Cl)cc1NC(=O)c1csc(CCN)n1. The number of rotatable bonds is 4. The topological polar surface area (TPSA) is 91.8 Å². The van der Waals surface area contributed by atoms with Crippen LogP contribution in [-0.4, -0.2) is 17.4 Å². The third kappa shape index (κ3) is 3.33. The van der Waals surface area contributed by atoms with Crippen molar-refractivity contribution in [3.05, 3.63) is 44.9 Å².